The molecule has 2 aromatic heterocycles. The molecule has 0 radical (unpaired) electrons. The van der Waals surface area contributed by atoms with Gasteiger partial charge in [-0.15, -0.1) is 0 Å². The quantitative estimate of drug-likeness (QED) is 0.203. The van der Waals surface area contributed by atoms with Crippen LogP contribution in [-0.2, 0) is 21.6 Å². The number of nitrogen functional groups attached to an aromatic ring is 1. The number of halogens is 1. The molecular weight excluding hydrogens is 558 g/mol. The largest absolute Gasteiger partial charge is 0.444 e. The van der Waals surface area contributed by atoms with Crippen molar-refractivity contribution >= 4 is 29.2 Å². The lowest BCUT2D eigenvalue weighted by Crippen LogP contribution is -2.21. The van der Waals surface area contributed by atoms with E-state index in [4.69, 9.17) is 31.2 Å². The Labute approximate surface area is 248 Å². The number of ether oxygens (including phenoxy) is 2. The van der Waals surface area contributed by atoms with Crippen molar-refractivity contribution in [3.8, 4) is 34.7 Å². The van der Waals surface area contributed by atoms with Gasteiger partial charge in [0.25, 0.3) is 0 Å². The lowest BCUT2D eigenvalue weighted by atomic mass is 9.95. The Morgan fingerprint density at radius 2 is 1.73 bits per heavy atom. The van der Waals surface area contributed by atoms with Gasteiger partial charge in [-0.05, 0) is 68.5 Å². The fourth-order valence-corrected chi connectivity index (χ4v) is 5.71. The van der Waals surface area contributed by atoms with Crippen molar-refractivity contribution in [2.75, 3.05) is 12.3 Å². The molecule has 1 fully saturated rings. The van der Waals surface area contributed by atoms with Gasteiger partial charge in [0, 0.05) is 21.9 Å². The first-order valence-electron chi connectivity index (χ1n) is 13.1. The third-order valence-electron chi connectivity index (χ3n) is 6.72. The average Bonchev–Trinajstić information content (AvgIpc) is 3.58. The van der Waals surface area contributed by atoms with Gasteiger partial charge in [0.1, 0.15) is 34.8 Å². The summed E-state index contributed by atoms with van der Waals surface area (Å²) in [4.78, 5) is 8.94. The number of hydrogen-bond donors (Lipinski definition) is 1. The molecule has 1 unspecified atom stereocenters. The fourth-order valence-electron chi connectivity index (χ4n) is 4.71. The number of nitrogens with zero attached hydrogens (tertiary/aromatic N) is 4. The Balaban J connectivity index is 1.31. The van der Waals surface area contributed by atoms with Crippen LogP contribution in [0, 0.1) is 22.7 Å². The van der Waals surface area contributed by atoms with Crippen LogP contribution in [0.25, 0.3) is 22.6 Å². The van der Waals surface area contributed by atoms with Crippen LogP contribution in [0.15, 0.2) is 64.2 Å². The number of aryl methyl sites for hydroxylation is 1. The number of benzene rings is 2. The first-order valence-corrected chi connectivity index (χ1v) is 14.5. The molecule has 41 heavy (non-hydrogen) atoms. The molecule has 208 valence electrons. The maximum absolute atomic E-state index is 10.1. The van der Waals surface area contributed by atoms with Crippen molar-refractivity contribution in [2.45, 2.75) is 55.8 Å². The summed E-state index contributed by atoms with van der Waals surface area (Å²) in [6.45, 7) is 4.48. The van der Waals surface area contributed by atoms with Gasteiger partial charge in [-0.25, -0.2) is 9.97 Å². The van der Waals surface area contributed by atoms with Gasteiger partial charge in [0.15, 0.2) is 5.79 Å². The van der Waals surface area contributed by atoms with E-state index in [0.717, 1.165) is 36.0 Å². The zero-order chi connectivity index (χ0) is 29.0. The smallest absolute Gasteiger partial charge is 0.226 e. The number of pyridine rings is 1. The first kappa shape index (κ1) is 28.7. The highest BCUT2D eigenvalue weighted by atomic mass is 35.5. The number of nitrogens with two attached hydrogens (primary N) is 1. The standard InChI is InChI=1S/C31H28ClN5O3S/c1-31(2)39-17-24(40-31)5-3-4-19-6-8-20(9-7-19)27-25(14-33)28(35)37-30(26(27)15-34)41-18-23-16-38-29(36-23)21-10-12-22(32)13-11-21/h6-13,16,24H,3-5,17-18H2,1-2H3,(H2,35,37). The molecule has 10 heteroatoms. The van der Waals surface area contributed by atoms with Crippen LogP contribution in [0.2, 0.25) is 5.02 Å². The zero-order valence-corrected chi connectivity index (χ0v) is 24.3. The van der Waals surface area contributed by atoms with Gasteiger partial charge in [-0.1, -0.05) is 47.6 Å². The number of oxazole rings is 1. The van der Waals surface area contributed by atoms with Crippen LogP contribution in [-0.4, -0.2) is 28.5 Å². The number of thioether (sulfide) groups is 1. The predicted octanol–water partition coefficient (Wildman–Crippen LogP) is 7.15. The average molecular weight is 586 g/mol. The highest BCUT2D eigenvalue weighted by Crippen LogP contribution is 2.37. The fraction of sp³-hybridized carbons (Fsp3) is 0.290. The van der Waals surface area contributed by atoms with Crippen molar-refractivity contribution in [1.29, 1.82) is 10.5 Å². The van der Waals surface area contributed by atoms with Crippen LogP contribution in [0.5, 0.6) is 0 Å². The topological polar surface area (TPSA) is 131 Å². The number of nitriles is 2. The third kappa shape index (κ3) is 6.73. The summed E-state index contributed by atoms with van der Waals surface area (Å²) in [5.74, 6) is 0.438. The summed E-state index contributed by atoms with van der Waals surface area (Å²) in [7, 11) is 0. The number of aromatic nitrogens is 2. The molecule has 0 aliphatic carbocycles. The molecule has 1 saturated heterocycles. The second-order valence-electron chi connectivity index (χ2n) is 10.1. The molecule has 0 amide bonds. The van der Waals surface area contributed by atoms with Crippen LogP contribution >= 0.6 is 23.4 Å². The molecule has 2 N–H and O–H groups in total. The van der Waals surface area contributed by atoms with Gasteiger partial charge >= 0.3 is 0 Å². The van der Waals surface area contributed by atoms with Gasteiger partial charge in [0.2, 0.25) is 5.89 Å². The van der Waals surface area contributed by atoms with Gasteiger partial charge in [0.05, 0.1) is 24.0 Å². The molecule has 8 nitrogen and oxygen atoms in total. The van der Waals surface area contributed by atoms with E-state index >= 15 is 0 Å². The van der Waals surface area contributed by atoms with E-state index in [2.05, 4.69) is 22.1 Å². The summed E-state index contributed by atoms with van der Waals surface area (Å²) in [5.41, 5.74) is 10.6. The van der Waals surface area contributed by atoms with E-state index in [9.17, 15) is 10.5 Å². The molecule has 1 atom stereocenters. The summed E-state index contributed by atoms with van der Waals surface area (Å²) in [6, 6.07) is 19.5. The maximum Gasteiger partial charge on any atom is 0.226 e. The molecule has 0 spiro atoms. The van der Waals surface area contributed by atoms with Crippen molar-refractivity contribution < 1.29 is 13.9 Å². The minimum absolute atomic E-state index is 0.0804. The van der Waals surface area contributed by atoms with E-state index < -0.39 is 5.79 Å². The molecular formula is C31H28ClN5O3S. The Bertz CT molecular complexity index is 1620. The van der Waals surface area contributed by atoms with Crippen LogP contribution in [0.3, 0.4) is 0 Å². The molecule has 0 saturated carbocycles. The minimum atomic E-state index is -0.512. The second-order valence-corrected chi connectivity index (χ2v) is 11.5. The molecule has 3 heterocycles. The summed E-state index contributed by atoms with van der Waals surface area (Å²) in [5, 5.41) is 21.1. The molecule has 4 aromatic rings. The lowest BCUT2D eigenvalue weighted by molar-refractivity contribution is -0.139. The van der Waals surface area contributed by atoms with Crippen molar-refractivity contribution in [1.82, 2.24) is 9.97 Å². The lowest BCUT2D eigenvalue weighted by Gasteiger charge is -2.17. The Morgan fingerprint density at radius 1 is 1.02 bits per heavy atom. The Hall–Kier alpha value is -3.86. The molecule has 2 aromatic carbocycles. The van der Waals surface area contributed by atoms with Crippen LogP contribution < -0.4 is 5.73 Å². The monoisotopic (exact) mass is 585 g/mol. The zero-order valence-electron chi connectivity index (χ0n) is 22.7. The van der Waals surface area contributed by atoms with Gasteiger partial charge in [-0.2, -0.15) is 10.5 Å². The Morgan fingerprint density at radius 3 is 2.39 bits per heavy atom. The van der Waals surface area contributed by atoms with E-state index in [1.165, 1.54) is 11.8 Å². The normalized spacial score (nSPS) is 15.9. The van der Waals surface area contributed by atoms with Gasteiger partial charge < -0.3 is 19.6 Å². The summed E-state index contributed by atoms with van der Waals surface area (Å²) in [6.07, 6.45) is 4.43. The maximum atomic E-state index is 10.1. The number of rotatable bonds is 9. The highest BCUT2D eigenvalue weighted by Gasteiger charge is 2.32. The second kappa shape index (κ2) is 12.3. The Kier molecular flexibility index (Phi) is 8.63. The molecule has 1 aliphatic rings. The van der Waals surface area contributed by atoms with Crippen molar-refractivity contribution in [3.05, 3.63) is 82.2 Å². The minimum Gasteiger partial charge on any atom is -0.444 e. The molecule has 5 rings (SSSR count). The van der Waals surface area contributed by atoms with E-state index in [1.807, 2.05) is 50.2 Å². The number of hydrogen-bond acceptors (Lipinski definition) is 9. The summed E-state index contributed by atoms with van der Waals surface area (Å²) >= 11 is 7.29. The van der Waals surface area contributed by atoms with E-state index in [0.29, 0.717) is 45.1 Å². The van der Waals surface area contributed by atoms with E-state index in [1.54, 1.807) is 18.4 Å². The van der Waals surface area contributed by atoms with Crippen LogP contribution in [0.4, 0.5) is 5.82 Å². The third-order valence-corrected chi connectivity index (χ3v) is 7.98. The van der Waals surface area contributed by atoms with Crippen molar-refractivity contribution in [3.63, 3.8) is 0 Å². The van der Waals surface area contributed by atoms with E-state index in [-0.39, 0.29) is 17.5 Å². The van der Waals surface area contributed by atoms with Crippen molar-refractivity contribution in [2.24, 2.45) is 0 Å². The SMILES string of the molecule is CC1(C)OCC(CCCc2ccc(-c3c(C#N)c(N)nc(SCc4coc(-c5ccc(Cl)cc5)n4)c3C#N)cc2)O1. The summed E-state index contributed by atoms with van der Waals surface area (Å²) < 4.78 is 17.2. The van der Waals surface area contributed by atoms with Crippen LogP contribution in [0.1, 0.15) is 49.1 Å². The first-order chi connectivity index (χ1) is 19.8. The predicted molar refractivity (Wildman–Crippen MR) is 158 cm³/mol. The molecule has 0 bridgehead atoms. The number of anilines is 1. The highest BCUT2D eigenvalue weighted by molar-refractivity contribution is 7.98. The van der Waals surface area contributed by atoms with Gasteiger partial charge in [-0.3, -0.25) is 0 Å². The molecule has 1 aliphatic heterocycles.